The van der Waals surface area contributed by atoms with Gasteiger partial charge in [0.15, 0.2) is 0 Å². The number of benzene rings is 1. The monoisotopic (exact) mass is 374 g/mol. The first kappa shape index (κ1) is 18.1. The first-order valence-electron chi connectivity index (χ1n) is 9.41. The third kappa shape index (κ3) is 3.71. The van der Waals surface area contributed by atoms with Gasteiger partial charge in [-0.2, -0.15) is 0 Å². The highest BCUT2D eigenvalue weighted by Gasteiger charge is 2.27. The molecule has 0 saturated heterocycles. The van der Waals surface area contributed by atoms with Gasteiger partial charge < -0.3 is 9.88 Å². The summed E-state index contributed by atoms with van der Waals surface area (Å²) in [6, 6.07) is 9.59. The third-order valence-electron chi connectivity index (χ3n) is 4.99. The first-order valence-corrected chi connectivity index (χ1v) is 9.41. The lowest BCUT2D eigenvalue weighted by molar-refractivity contribution is 0.102. The van der Waals surface area contributed by atoms with Crippen LogP contribution in [0, 0.1) is 13.8 Å². The Bertz CT molecular complexity index is 1080. The van der Waals surface area contributed by atoms with Crippen molar-refractivity contribution in [2.75, 3.05) is 5.32 Å². The van der Waals surface area contributed by atoms with E-state index in [0.717, 1.165) is 29.8 Å². The second-order valence-electron chi connectivity index (χ2n) is 7.27. The van der Waals surface area contributed by atoms with Crippen molar-refractivity contribution in [3.8, 4) is 0 Å². The molecule has 0 aliphatic heterocycles. The SMILES string of the molecule is Cc1cnc(Cn2ccc(C)c(C(=O)Nc3ccccc3C3CC3)c2=O)cn1. The molecule has 0 bridgehead atoms. The number of nitrogens with zero attached hydrogens (tertiary/aromatic N) is 3. The minimum Gasteiger partial charge on any atom is -0.322 e. The normalized spacial score (nSPS) is 13.4. The van der Waals surface area contributed by atoms with Crippen LogP contribution in [-0.4, -0.2) is 20.4 Å². The molecular formula is C22H22N4O2. The summed E-state index contributed by atoms with van der Waals surface area (Å²) in [7, 11) is 0. The van der Waals surface area contributed by atoms with Gasteiger partial charge in [-0.3, -0.25) is 19.6 Å². The van der Waals surface area contributed by atoms with Crippen LogP contribution >= 0.6 is 0 Å². The quantitative estimate of drug-likeness (QED) is 0.742. The van der Waals surface area contributed by atoms with E-state index < -0.39 is 0 Å². The number of aryl methyl sites for hydroxylation is 2. The molecule has 1 aliphatic rings. The lowest BCUT2D eigenvalue weighted by Gasteiger charge is -2.13. The van der Waals surface area contributed by atoms with Gasteiger partial charge in [-0.1, -0.05) is 18.2 Å². The molecule has 2 heterocycles. The van der Waals surface area contributed by atoms with E-state index in [1.165, 1.54) is 4.57 Å². The fraction of sp³-hybridized carbons (Fsp3) is 0.273. The van der Waals surface area contributed by atoms with Gasteiger partial charge in [0.1, 0.15) is 5.56 Å². The van der Waals surface area contributed by atoms with E-state index in [2.05, 4.69) is 15.3 Å². The zero-order valence-electron chi connectivity index (χ0n) is 16.0. The summed E-state index contributed by atoms with van der Waals surface area (Å²) in [4.78, 5) is 34.4. The highest BCUT2D eigenvalue weighted by molar-refractivity contribution is 6.05. The number of para-hydroxylation sites is 1. The van der Waals surface area contributed by atoms with E-state index in [0.29, 0.717) is 17.2 Å². The highest BCUT2D eigenvalue weighted by atomic mass is 16.2. The van der Waals surface area contributed by atoms with Gasteiger partial charge in [0.2, 0.25) is 0 Å². The van der Waals surface area contributed by atoms with E-state index in [1.54, 1.807) is 31.6 Å². The number of amides is 1. The maximum atomic E-state index is 13.0. The molecule has 4 rings (SSSR count). The van der Waals surface area contributed by atoms with Crippen LogP contribution in [0.25, 0.3) is 0 Å². The maximum absolute atomic E-state index is 13.0. The summed E-state index contributed by atoms with van der Waals surface area (Å²) >= 11 is 0. The second-order valence-corrected chi connectivity index (χ2v) is 7.27. The molecule has 0 spiro atoms. The molecule has 3 aromatic rings. The van der Waals surface area contributed by atoms with Crippen LogP contribution < -0.4 is 10.9 Å². The van der Waals surface area contributed by atoms with E-state index in [1.807, 2.05) is 31.2 Å². The summed E-state index contributed by atoms with van der Waals surface area (Å²) in [5, 5.41) is 2.95. The summed E-state index contributed by atoms with van der Waals surface area (Å²) in [5.74, 6) is 0.130. The Balaban J connectivity index is 1.63. The van der Waals surface area contributed by atoms with Crippen LogP contribution in [0.2, 0.25) is 0 Å². The van der Waals surface area contributed by atoms with Crippen LogP contribution in [0.3, 0.4) is 0 Å². The average Bonchev–Trinajstić information content (AvgIpc) is 3.51. The molecule has 1 fully saturated rings. The van der Waals surface area contributed by atoms with Crippen molar-refractivity contribution in [2.45, 2.75) is 39.2 Å². The molecule has 0 radical (unpaired) electrons. The average molecular weight is 374 g/mol. The van der Waals surface area contributed by atoms with Gasteiger partial charge in [-0.25, -0.2) is 0 Å². The Kier molecular flexibility index (Phi) is 4.77. The molecule has 0 unspecified atom stereocenters. The largest absolute Gasteiger partial charge is 0.322 e. The summed E-state index contributed by atoms with van der Waals surface area (Å²) < 4.78 is 1.49. The number of pyridine rings is 1. The fourth-order valence-electron chi connectivity index (χ4n) is 3.29. The van der Waals surface area contributed by atoms with E-state index in [-0.39, 0.29) is 23.6 Å². The number of nitrogens with one attached hydrogen (secondary N) is 1. The lowest BCUT2D eigenvalue weighted by Crippen LogP contribution is -2.30. The minimum atomic E-state index is -0.375. The topological polar surface area (TPSA) is 76.9 Å². The maximum Gasteiger partial charge on any atom is 0.264 e. The molecule has 1 amide bonds. The van der Waals surface area contributed by atoms with Crippen molar-refractivity contribution in [1.82, 2.24) is 14.5 Å². The summed E-state index contributed by atoms with van der Waals surface area (Å²) in [5.41, 5.74) is 3.89. The van der Waals surface area contributed by atoms with Crippen LogP contribution in [0.5, 0.6) is 0 Å². The summed E-state index contributed by atoms with van der Waals surface area (Å²) in [6.45, 7) is 3.90. The number of anilines is 1. The number of carbonyl (C=O) groups is 1. The number of aromatic nitrogens is 3. The Morgan fingerprint density at radius 2 is 1.93 bits per heavy atom. The van der Waals surface area contributed by atoms with Crippen LogP contribution in [0.4, 0.5) is 5.69 Å². The number of rotatable bonds is 5. The molecule has 6 heteroatoms. The Labute approximate surface area is 163 Å². The second kappa shape index (κ2) is 7.38. The van der Waals surface area contributed by atoms with E-state index >= 15 is 0 Å². The molecule has 1 N–H and O–H groups in total. The van der Waals surface area contributed by atoms with Gasteiger partial charge in [0, 0.05) is 18.1 Å². The summed E-state index contributed by atoms with van der Waals surface area (Å²) in [6.07, 6.45) is 7.28. The van der Waals surface area contributed by atoms with E-state index in [4.69, 9.17) is 0 Å². The van der Waals surface area contributed by atoms with Gasteiger partial charge in [0.25, 0.3) is 11.5 Å². The van der Waals surface area contributed by atoms with Crippen LogP contribution in [0.15, 0.2) is 53.7 Å². The number of hydrogen-bond donors (Lipinski definition) is 1. The first-order chi connectivity index (χ1) is 13.5. The Hall–Kier alpha value is -3.28. The zero-order valence-corrected chi connectivity index (χ0v) is 16.0. The zero-order chi connectivity index (χ0) is 19.7. The van der Waals surface area contributed by atoms with Crippen molar-refractivity contribution < 1.29 is 4.79 Å². The van der Waals surface area contributed by atoms with Gasteiger partial charge in [-0.15, -0.1) is 0 Å². The molecule has 1 aliphatic carbocycles. The predicted octanol–water partition coefficient (Wildman–Crippen LogP) is 3.43. The Morgan fingerprint density at radius 3 is 2.64 bits per heavy atom. The number of hydrogen-bond acceptors (Lipinski definition) is 4. The molecule has 1 saturated carbocycles. The van der Waals surface area contributed by atoms with Gasteiger partial charge >= 0.3 is 0 Å². The highest BCUT2D eigenvalue weighted by Crippen LogP contribution is 2.43. The molecular weight excluding hydrogens is 352 g/mol. The number of carbonyl (C=O) groups excluding carboxylic acids is 1. The minimum absolute atomic E-state index is 0.160. The molecule has 0 atom stereocenters. The fourth-order valence-corrected chi connectivity index (χ4v) is 3.29. The van der Waals surface area contributed by atoms with Crippen molar-refractivity contribution in [3.63, 3.8) is 0 Å². The van der Waals surface area contributed by atoms with Crippen molar-refractivity contribution >= 4 is 11.6 Å². The Morgan fingerprint density at radius 1 is 1.14 bits per heavy atom. The van der Waals surface area contributed by atoms with Crippen molar-refractivity contribution in [1.29, 1.82) is 0 Å². The molecule has 6 nitrogen and oxygen atoms in total. The third-order valence-corrected chi connectivity index (χ3v) is 4.99. The molecule has 142 valence electrons. The van der Waals surface area contributed by atoms with Gasteiger partial charge in [0.05, 0.1) is 24.1 Å². The van der Waals surface area contributed by atoms with Crippen molar-refractivity contribution in [2.24, 2.45) is 0 Å². The van der Waals surface area contributed by atoms with Gasteiger partial charge in [-0.05, 0) is 55.9 Å². The van der Waals surface area contributed by atoms with Crippen LogP contribution in [0.1, 0.15) is 51.6 Å². The predicted molar refractivity (Wildman–Crippen MR) is 108 cm³/mol. The lowest BCUT2D eigenvalue weighted by atomic mass is 10.1. The van der Waals surface area contributed by atoms with Crippen LogP contribution in [-0.2, 0) is 6.54 Å². The van der Waals surface area contributed by atoms with E-state index in [9.17, 15) is 9.59 Å². The smallest absolute Gasteiger partial charge is 0.264 e. The standard InChI is InChI=1S/C22H22N4O2/c1-14-9-10-26(13-17-12-23-15(2)11-24-17)22(28)20(14)21(27)25-19-6-4-3-5-18(19)16-7-8-16/h3-6,9-12,16H,7-8,13H2,1-2H3,(H,25,27). The van der Waals surface area contributed by atoms with Crippen molar-refractivity contribution in [3.05, 3.63) is 87.4 Å². The molecule has 1 aromatic carbocycles. The molecule has 2 aromatic heterocycles. The molecule has 28 heavy (non-hydrogen) atoms.